The molecule has 0 amide bonds. The molecule has 2 heterocycles. The van der Waals surface area contributed by atoms with Crippen LogP contribution in [0.15, 0.2) is 5.51 Å². The summed E-state index contributed by atoms with van der Waals surface area (Å²) in [6, 6.07) is 0. The van der Waals surface area contributed by atoms with Gasteiger partial charge in [0.25, 0.3) is 0 Å². The Hall–Kier alpha value is -0.480. The van der Waals surface area contributed by atoms with Gasteiger partial charge in [-0.2, -0.15) is 4.37 Å². The van der Waals surface area contributed by atoms with E-state index in [9.17, 15) is 0 Å². The van der Waals surface area contributed by atoms with Crippen molar-refractivity contribution in [3.05, 3.63) is 11.3 Å². The van der Waals surface area contributed by atoms with Crippen LogP contribution in [0.5, 0.6) is 0 Å². The number of hydrogen-bond donors (Lipinski definition) is 1. The summed E-state index contributed by atoms with van der Waals surface area (Å²) in [4.78, 5) is 4.22. The first-order valence-corrected chi connectivity index (χ1v) is 4.77. The molecule has 0 unspecified atom stereocenters. The second kappa shape index (κ2) is 3.28. The summed E-state index contributed by atoms with van der Waals surface area (Å²) >= 11 is 1.45. The second-order valence-corrected chi connectivity index (χ2v) is 3.42. The van der Waals surface area contributed by atoms with E-state index in [1.807, 2.05) is 5.51 Å². The summed E-state index contributed by atoms with van der Waals surface area (Å²) in [7, 11) is 0. The topological polar surface area (TPSA) is 37.8 Å². The van der Waals surface area contributed by atoms with E-state index in [1.165, 1.54) is 24.4 Å². The molecule has 2 rings (SSSR count). The van der Waals surface area contributed by atoms with Gasteiger partial charge >= 0.3 is 0 Å². The molecule has 4 heteroatoms. The average molecular weight is 169 g/mol. The van der Waals surface area contributed by atoms with Crippen LogP contribution in [0.1, 0.15) is 24.6 Å². The van der Waals surface area contributed by atoms with Gasteiger partial charge in [0.1, 0.15) is 11.3 Å². The van der Waals surface area contributed by atoms with Gasteiger partial charge in [-0.1, -0.05) is 0 Å². The molecule has 11 heavy (non-hydrogen) atoms. The molecule has 0 radical (unpaired) electrons. The van der Waals surface area contributed by atoms with Crippen molar-refractivity contribution in [2.45, 2.75) is 18.8 Å². The highest BCUT2D eigenvalue weighted by molar-refractivity contribution is 7.03. The lowest BCUT2D eigenvalue weighted by Crippen LogP contribution is -2.27. The maximum absolute atomic E-state index is 4.24. The van der Waals surface area contributed by atoms with Crippen molar-refractivity contribution in [2.75, 3.05) is 13.1 Å². The number of nitrogens with one attached hydrogen (secondary N) is 1. The Labute approximate surface area is 70.0 Å². The quantitative estimate of drug-likeness (QED) is 0.681. The fourth-order valence-electron chi connectivity index (χ4n) is 1.44. The third-order valence-corrected chi connectivity index (χ3v) is 2.57. The molecule has 0 atom stereocenters. The fraction of sp³-hybridized carbons (Fsp3) is 0.714. The average Bonchev–Trinajstić information content (AvgIpc) is 2.58. The van der Waals surface area contributed by atoms with E-state index in [4.69, 9.17) is 0 Å². The van der Waals surface area contributed by atoms with E-state index in [1.54, 1.807) is 0 Å². The van der Waals surface area contributed by atoms with Crippen molar-refractivity contribution in [1.82, 2.24) is 14.7 Å². The monoisotopic (exact) mass is 169 g/mol. The predicted octanol–water partition coefficient (Wildman–Crippen LogP) is 1.01. The van der Waals surface area contributed by atoms with Gasteiger partial charge in [-0.25, -0.2) is 4.98 Å². The van der Waals surface area contributed by atoms with E-state index < -0.39 is 0 Å². The fourth-order valence-corrected chi connectivity index (χ4v) is 1.95. The second-order valence-electron chi connectivity index (χ2n) is 2.81. The predicted molar refractivity (Wildman–Crippen MR) is 44.8 cm³/mol. The Morgan fingerprint density at radius 1 is 1.45 bits per heavy atom. The highest BCUT2D eigenvalue weighted by atomic mass is 32.1. The SMILES string of the molecule is c1nc(C2CCNCC2)ns1. The van der Waals surface area contributed by atoms with Crippen molar-refractivity contribution in [3.8, 4) is 0 Å². The molecule has 0 spiro atoms. The highest BCUT2D eigenvalue weighted by Gasteiger charge is 2.17. The zero-order chi connectivity index (χ0) is 7.52. The molecule has 1 fully saturated rings. The molecule has 1 aliphatic heterocycles. The first-order chi connectivity index (χ1) is 5.47. The zero-order valence-electron chi connectivity index (χ0n) is 6.29. The first-order valence-electron chi connectivity index (χ1n) is 3.94. The lowest BCUT2D eigenvalue weighted by molar-refractivity contribution is 0.448. The molecule has 0 aliphatic carbocycles. The number of piperidine rings is 1. The molecule has 3 nitrogen and oxygen atoms in total. The van der Waals surface area contributed by atoms with Gasteiger partial charge in [0, 0.05) is 5.92 Å². The Bertz CT molecular complexity index is 203. The number of rotatable bonds is 1. The molecule has 1 aliphatic rings. The molecule has 0 bridgehead atoms. The van der Waals surface area contributed by atoms with Crippen molar-refractivity contribution in [2.24, 2.45) is 0 Å². The normalized spacial score (nSPS) is 20.4. The van der Waals surface area contributed by atoms with Gasteiger partial charge in [-0.05, 0) is 37.5 Å². The molecule has 60 valence electrons. The van der Waals surface area contributed by atoms with Crippen LogP contribution in [0, 0.1) is 0 Å². The van der Waals surface area contributed by atoms with Crippen LogP contribution in [0.25, 0.3) is 0 Å². The van der Waals surface area contributed by atoms with Crippen molar-refractivity contribution >= 4 is 11.5 Å². The Morgan fingerprint density at radius 3 is 2.91 bits per heavy atom. The summed E-state index contributed by atoms with van der Waals surface area (Å²) in [6.07, 6.45) is 2.38. The number of nitrogens with zero attached hydrogens (tertiary/aromatic N) is 2. The van der Waals surface area contributed by atoms with E-state index in [0.29, 0.717) is 5.92 Å². The van der Waals surface area contributed by atoms with Crippen molar-refractivity contribution in [1.29, 1.82) is 0 Å². The van der Waals surface area contributed by atoms with Crippen LogP contribution in [-0.4, -0.2) is 22.4 Å². The molecule has 1 saturated heterocycles. The Morgan fingerprint density at radius 2 is 2.27 bits per heavy atom. The summed E-state index contributed by atoms with van der Waals surface area (Å²) in [5.74, 6) is 1.67. The van der Waals surface area contributed by atoms with Crippen LogP contribution in [0.3, 0.4) is 0 Å². The minimum absolute atomic E-state index is 0.613. The lowest BCUT2D eigenvalue weighted by atomic mass is 9.98. The summed E-state index contributed by atoms with van der Waals surface area (Å²) in [5.41, 5.74) is 1.82. The highest BCUT2D eigenvalue weighted by Crippen LogP contribution is 2.21. The smallest absolute Gasteiger partial charge is 0.145 e. The van der Waals surface area contributed by atoms with Crippen LogP contribution in [0.4, 0.5) is 0 Å². The van der Waals surface area contributed by atoms with E-state index >= 15 is 0 Å². The maximum Gasteiger partial charge on any atom is 0.145 e. The largest absolute Gasteiger partial charge is 0.317 e. The molecular formula is C7H11N3S. The molecule has 1 aromatic rings. The van der Waals surface area contributed by atoms with Crippen molar-refractivity contribution < 1.29 is 0 Å². The van der Waals surface area contributed by atoms with Gasteiger partial charge in [-0.3, -0.25) is 0 Å². The first kappa shape index (κ1) is 7.18. The molecule has 0 aromatic carbocycles. The minimum Gasteiger partial charge on any atom is -0.317 e. The van der Waals surface area contributed by atoms with Gasteiger partial charge in [0.15, 0.2) is 0 Å². The summed E-state index contributed by atoms with van der Waals surface area (Å²) < 4.78 is 4.24. The summed E-state index contributed by atoms with van der Waals surface area (Å²) in [5, 5.41) is 3.32. The number of aromatic nitrogens is 2. The van der Waals surface area contributed by atoms with Crippen LogP contribution >= 0.6 is 11.5 Å². The molecular weight excluding hydrogens is 158 g/mol. The van der Waals surface area contributed by atoms with Crippen LogP contribution in [0.2, 0.25) is 0 Å². The third-order valence-electron chi connectivity index (χ3n) is 2.08. The Balaban J connectivity index is 2.04. The lowest BCUT2D eigenvalue weighted by Gasteiger charge is -2.19. The third kappa shape index (κ3) is 1.57. The summed E-state index contributed by atoms with van der Waals surface area (Å²) in [6.45, 7) is 2.23. The molecule has 0 saturated carbocycles. The van der Waals surface area contributed by atoms with Crippen LogP contribution < -0.4 is 5.32 Å². The minimum atomic E-state index is 0.613. The van der Waals surface area contributed by atoms with E-state index in [2.05, 4.69) is 14.7 Å². The molecule has 1 N–H and O–H groups in total. The number of hydrogen-bond acceptors (Lipinski definition) is 4. The van der Waals surface area contributed by atoms with Crippen LogP contribution in [-0.2, 0) is 0 Å². The Kier molecular flexibility index (Phi) is 2.14. The molecule has 1 aromatic heterocycles. The maximum atomic E-state index is 4.24. The van der Waals surface area contributed by atoms with Gasteiger partial charge < -0.3 is 5.32 Å². The zero-order valence-corrected chi connectivity index (χ0v) is 7.10. The van der Waals surface area contributed by atoms with Gasteiger partial charge in [-0.15, -0.1) is 0 Å². The van der Waals surface area contributed by atoms with Gasteiger partial charge in [0.2, 0.25) is 0 Å². The van der Waals surface area contributed by atoms with Crippen molar-refractivity contribution in [3.63, 3.8) is 0 Å². The standard InChI is InChI=1S/C7H11N3S/c1-3-8-4-2-6(1)7-9-5-11-10-7/h5-6,8H,1-4H2. The van der Waals surface area contributed by atoms with E-state index in [0.717, 1.165) is 18.9 Å². The van der Waals surface area contributed by atoms with Gasteiger partial charge in [0.05, 0.1) is 0 Å². The van der Waals surface area contributed by atoms with E-state index in [-0.39, 0.29) is 0 Å².